The Balaban J connectivity index is 2.39. The molecule has 23 heavy (non-hydrogen) atoms. The van der Waals surface area contributed by atoms with Crippen molar-refractivity contribution in [3.63, 3.8) is 0 Å². The van der Waals surface area contributed by atoms with E-state index in [1.807, 2.05) is 32.9 Å². The molecule has 3 rings (SSSR count). The molecule has 2 N–H and O–H groups in total. The van der Waals surface area contributed by atoms with Gasteiger partial charge in [0.05, 0.1) is 16.5 Å². The lowest BCUT2D eigenvalue weighted by Crippen LogP contribution is -2.22. The molecule has 0 radical (unpaired) electrons. The molecule has 2 aromatic heterocycles. The van der Waals surface area contributed by atoms with Gasteiger partial charge in [-0.1, -0.05) is 6.07 Å². The topological polar surface area (TPSA) is 86.7 Å². The van der Waals surface area contributed by atoms with Crippen molar-refractivity contribution in [2.45, 2.75) is 26.8 Å². The van der Waals surface area contributed by atoms with Crippen molar-refractivity contribution in [2.24, 2.45) is 12.8 Å². The maximum Gasteiger partial charge on any atom is 0.261 e. The SMILES string of the molecule is Cc1cc(C(C)N)c2nc(-c3cnc(C)nc3)n(C)c(=O)c2c1. The van der Waals surface area contributed by atoms with Crippen molar-refractivity contribution < 1.29 is 0 Å². The second-order valence-electron chi connectivity index (χ2n) is 5.86. The summed E-state index contributed by atoms with van der Waals surface area (Å²) in [4.78, 5) is 25.8. The molecule has 2 heterocycles. The summed E-state index contributed by atoms with van der Waals surface area (Å²) in [5.41, 5.74) is 9.18. The molecule has 0 aliphatic rings. The van der Waals surface area contributed by atoms with E-state index in [0.29, 0.717) is 28.1 Å². The molecule has 6 heteroatoms. The first kappa shape index (κ1) is 15.3. The number of aryl methyl sites for hydroxylation is 2. The number of fused-ring (bicyclic) bond motifs is 1. The second-order valence-corrected chi connectivity index (χ2v) is 5.86. The van der Waals surface area contributed by atoms with Crippen LogP contribution in [0.15, 0.2) is 29.3 Å². The van der Waals surface area contributed by atoms with Crippen molar-refractivity contribution >= 4 is 10.9 Å². The van der Waals surface area contributed by atoms with E-state index >= 15 is 0 Å². The van der Waals surface area contributed by atoms with E-state index in [9.17, 15) is 4.79 Å². The highest BCUT2D eigenvalue weighted by Crippen LogP contribution is 2.24. The summed E-state index contributed by atoms with van der Waals surface area (Å²) in [5, 5.41) is 0.580. The minimum absolute atomic E-state index is 0.101. The maximum atomic E-state index is 12.8. The standard InChI is InChI=1S/C17H19N5O/c1-9-5-13(10(2)18)15-14(6-9)17(23)22(4)16(21-15)12-7-19-11(3)20-8-12/h5-8,10H,18H2,1-4H3. The van der Waals surface area contributed by atoms with Crippen molar-refractivity contribution in [3.8, 4) is 11.4 Å². The fourth-order valence-electron chi connectivity index (χ4n) is 2.67. The molecule has 0 saturated heterocycles. The number of hydrogen-bond donors (Lipinski definition) is 1. The van der Waals surface area contributed by atoms with Crippen LogP contribution in [0.2, 0.25) is 0 Å². The molecule has 6 nitrogen and oxygen atoms in total. The van der Waals surface area contributed by atoms with Gasteiger partial charge in [-0.15, -0.1) is 0 Å². The van der Waals surface area contributed by atoms with Gasteiger partial charge < -0.3 is 5.73 Å². The molecule has 0 aliphatic heterocycles. The fourth-order valence-corrected chi connectivity index (χ4v) is 2.67. The smallest absolute Gasteiger partial charge is 0.261 e. The second kappa shape index (κ2) is 5.55. The lowest BCUT2D eigenvalue weighted by atomic mass is 10.0. The van der Waals surface area contributed by atoms with Crippen LogP contribution in [0, 0.1) is 13.8 Å². The Kier molecular flexibility index (Phi) is 3.69. The van der Waals surface area contributed by atoms with Crippen LogP contribution >= 0.6 is 0 Å². The van der Waals surface area contributed by atoms with Gasteiger partial charge in [0.15, 0.2) is 0 Å². The molecule has 0 aliphatic carbocycles. The van der Waals surface area contributed by atoms with Crippen LogP contribution in [0.3, 0.4) is 0 Å². The van der Waals surface area contributed by atoms with Crippen LogP contribution in [0.25, 0.3) is 22.3 Å². The lowest BCUT2D eigenvalue weighted by Gasteiger charge is -2.14. The molecule has 0 saturated carbocycles. The Morgan fingerprint density at radius 3 is 2.43 bits per heavy atom. The highest BCUT2D eigenvalue weighted by atomic mass is 16.1. The summed E-state index contributed by atoms with van der Waals surface area (Å²) in [6, 6.07) is 3.63. The van der Waals surface area contributed by atoms with Crippen molar-refractivity contribution in [2.75, 3.05) is 0 Å². The first-order valence-electron chi connectivity index (χ1n) is 7.44. The Hall–Kier alpha value is -2.60. The fraction of sp³-hybridized carbons (Fsp3) is 0.294. The molecule has 1 unspecified atom stereocenters. The maximum absolute atomic E-state index is 12.8. The first-order valence-corrected chi connectivity index (χ1v) is 7.44. The lowest BCUT2D eigenvalue weighted by molar-refractivity contribution is 0.813. The summed E-state index contributed by atoms with van der Waals surface area (Å²) in [6.07, 6.45) is 3.35. The molecule has 1 aromatic carbocycles. The van der Waals surface area contributed by atoms with Crippen LogP contribution in [0.1, 0.15) is 29.9 Å². The van der Waals surface area contributed by atoms with Crippen LogP contribution in [-0.2, 0) is 7.05 Å². The monoisotopic (exact) mass is 309 g/mol. The first-order chi connectivity index (χ1) is 10.9. The summed E-state index contributed by atoms with van der Waals surface area (Å²) in [7, 11) is 1.71. The average Bonchev–Trinajstić information content (AvgIpc) is 2.51. The zero-order chi connectivity index (χ0) is 16.7. The van der Waals surface area contributed by atoms with Gasteiger partial charge in [-0.3, -0.25) is 9.36 Å². The van der Waals surface area contributed by atoms with Gasteiger partial charge in [0, 0.05) is 25.5 Å². The minimum Gasteiger partial charge on any atom is -0.324 e. The Morgan fingerprint density at radius 1 is 1.17 bits per heavy atom. The van der Waals surface area contributed by atoms with E-state index in [4.69, 9.17) is 10.7 Å². The van der Waals surface area contributed by atoms with E-state index in [2.05, 4.69) is 9.97 Å². The third-order valence-electron chi connectivity index (χ3n) is 3.88. The van der Waals surface area contributed by atoms with Crippen LogP contribution in [-0.4, -0.2) is 19.5 Å². The van der Waals surface area contributed by atoms with Crippen LogP contribution < -0.4 is 11.3 Å². The highest BCUT2D eigenvalue weighted by Gasteiger charge is 2.15. The summed E-state index contributed by atoms with van der Waals surface area (Å²) in [5.74, 6) is 1.21. The molecule has 3 aromatic rings. The average molecular weight is 309 g/mol. The van der Waals surface area contributed by atoms with E-state index in [1.54, 1.807) is 19.4 Å². The van der Waals surface area contributed by atoms with Gasteiger partial charge >= 0.3 is 0 Å². The molecular formula is C17H19N5O. The van der Waals surface area contributed by atoms with E-state index in [1.165, 1.54) is 4.57 Å². The molecule has 0 spiro atoms. The van der Waals surface area contributed by atoms with E-state index < -0.39 is 0 Å². The number of benzene rings is 1. The highest BCUT2D eigenvalue weighted by molar-refractivity contribution is 5.84. The van der Waals surface area contributed by atoms with Crippen LogP contribution in [0.5, 0.6) is 0 Å². The Bertz CT molecular complexity index is 942. The normalized spacial score (nSPS) is 12.6. The number of nitrogens with zero attached hydrogens (tertiary/aromatic N) is 4. The summed E-state index contributed by atoms with van der Waals surface area (Å²) >= 11 is 0. The van der Waals surface area contributed by atoms with Crippen molar-refractivity contribution in [1.29, 1.82) is 0 Å². The zero-order valence-electron chi connectivity index (χ0n) is 13.7. The van der Waals surface area contributed by atoms with Gasteiger partial charge in [-0.05, 0) is 38.0 Å². The molecule has 0 bridgehead atoms. The van der Waals surface area contributed by atoms with Crippen LogP contribution in [0.4, 0.5) is 0 Å². The predicted molar refractivity (Wildman–Crippen MR) is 90.1 cm³/mol. The predicted octanol–water partition coefficient (Wildman–Crippen LogP) is 2.03. The Morgan fingerprint density at radius 2 is 1.83 bits per heavy atom. The molecule has 0 fully saturated rings. The van der Waals surface area contributed by atoms with Crippen molar-refractivity contribution in [1.82, 2.24) is 19.5 Å². The third-order valence-corrected chi connectivity index (χ3v) is 3.88. The number of nitrogens with two attached hydrogens (primary N) is 1. The number of aromatic nitrogens is 4. The Labute approximate surface area is 134 Å². The number of hydrogen-bond acceptors (Lipinski definition) is 5. The molecule has 118 valence electrons. The molecular weight excluding hydrogens is 290 g/mol. The van der Waals surface area contributed by atoms with E-state index in [0.717, 1.165) is 11.1 Å². The third kappa shape index (κ3) is 2.61. The summed E-state index contributed by atoms with van der Waals surface area (Å²) in [6.45, 7) is 5.65. The van der Waals surface area contributed by atoms with Crippen molar-refractivity contribution in [3.05, 3.63) is 51.8 Å². The van der Waals surface area contributed by atoms with E-state index in [-0.39, 0.29) is 11.6 Å². The van der Waals surface area contributed by atoms with Gasteiger partial charge in [0.1, 0.15) is 11.6 Å². The van der Waals surface area contributed by atoms with Gasteiger partial charge in [0.25, 0.3) is 5.56 Å². The van der Waals surface area contributed by atoms with Gasteiger partial charge in [-0.2, -0.15) is 0 Å². The quantitative estimate of drug-likeness (QED) is 0.782. The zero-order valence-corrected chi connectivity index (χ0v) is 13.7. The van der Waals surface area contributed by atoms with Gasteiger partial charge in [0.2, 0.25) is 0 Å². The molecule has 1 atom stereocenters. The largest absolute Gasteiger partial charge is 0.324 e. The molecule has 0 amide bonds. The number of rotatable bonds is 2. The van der Waals surface area contributed by atoms with Gasteiger partial charge in [-0.25, -0.2) is 15.0 Å². The minimum atomic E-state index is -0.209. The summed E-state index contributed by atoms with van der Waals surface area (Å²) < 4.78 is 1.53.